The fraction of sp³-hybridized carbons (Fsp3) is 0.364. The first kappa shape index (κ1) is 18.2. The third kappa shape index (κ3) is 3.96. The molecule has 0 N–H and O–H groups in total. The zero-order chi connectivity index (χ0) is 18.9. The second-order valence-electron chi connectivity index (χ2n) is 7.25. The van der Waals surface area contributed by atoms with Gasteiger partial charge in [-0.25, -0.2) is 9.59 Å². The first-order valence-corrected chi connectivity index (χ1v) is 8.85. The highest BCUT2D eigenvalue weighted by atomic mass is 16.6. The molecule has 3 rings (SSSR count). The van der Waals surface area contributed by atoms with Crippen molar-refractivity contribution in [3.05, 3.63) is 69.8 Å². The van der Waals surface area contributed by atoms with Gasteiger partial charge in [0.25, 0.3) is 0 Å². The molecule has 1 saturated carbocycles. The van der Waals surface area contributed by atoms with E-state index in [1.54, 1.807) is 12.1 Å². The molecule has 1 aliphatic rings. The van der Waals surface area contributed by atoms with Crippen molar-refractivity contribution in [2.75, 3.05) is 6.61 Å². The summed E-state index contributed by atoms with van der Waals surface area (Å²) in [6.45, 7) is 8.01. The zero-order valence-electron chi connectivity index (χ0n) is 15.7. The summed E-state index contributed by atoms with van der Waals surface area (Å²) >= 11 is 0. The van der Waals surface area contributed by atoms with Crippen molar-refractivity contribution in [1.29, 1.82) is 0 Å². The van der Waals surface area contributed by atoms with E-state index in [0.29, 0.717) is 24.0 Å². The first-order chi connectivity index (χ1) is 12.3. The number of hydrogen-bond donors (Lipinski definition) is 0. The van der Waals surface area contributed by atoms with Gasteiger partial charge in [-0.3, -0.25) is 0 Å². The van der Waals surface area contributed by atoms with Crippen molar-refractivity contribution in [1.82, 2.24) is 0 Å². The van der Waals surface area contributed by atoms with Gasteiger partial charge in [0, 0.05) is 0 Å². The molecule has 4 nitrogen and oxygen atoms in total. The Morgan fingerprint density at radius 1 is 0.808 bits per heavy atom. The number of rotatable bonds is 5. The lowest BCUT2D eigenvalue weighted by Crippen LogP contribution is -2.27. The van der Waals surface area contributed by atoms with Crippen molar-refractivity contribution in [2.24, 2.45) is 0 Å². The van der Waals surface area contributed by atoms with E-state index in [1.165, 1.54) is 0 Å². The van der Waals surface area contributed by atoms with Crippen LogP contribution in [0.5, 0.6) is 0 Å². The molecule has 0 heterocycles. The summed E-state index contributed by atoms with van der Waals surface area (Å²) in [6, 6.07) is 11.0. The molecule has 0 bridgehead atoms. The van der Waals surface area contributed by atoms with E-state index in [2.05, 4.69) is 0 Å². The van der Waals surface area contributed by atoms with Crippen LogP contribution >= 0.6 is 0 Å². The van der Waals surface area contributed by atoms with Crippen molar-refractivity contribution in [2.45, 2.75) is 46.1 Å². The highest BCUT2D eigenvalue weighted by Crippen LogP contribution is 2.40. The van der Waals surface area contributed by atoms with Gasteiger partial charge in [0.15, 0.2) is 0 Å². The Hall–Kier alpha value is -2.62. The topological polar surface area (TPSA) is 52.6 Å². The number of ether oxygens (including phenoxy) is 2. The summed E-state index contributed by atoms with van der Waals surface area (Å²) in [4.78, 5) is 24.7. The Morgan fingerprint density at radius 3 is 1.77 bits per heavy atom. The Morgan fingerprint density at radius 2 is 1.31 bits per heavy atom. The molecule has 26 heavy (non-hydrogen) atoms. The molecular weight excluding hydrogens is 328 g/mol. The number of hydrogen-bond acceptors (Lipinski definition) is 4. The maximum Gasteiger partial charge on any atom is 0.338 e. The van der Waals surface area contributed by atoms with E-state index < -0.39 is 5.60 Å². The molecule has 0 radical (unpaired) electrons. The molecule has 0 amide bonds. The van der Waals surface area contributed by atoms with Gasteiger partial charge < -0.3 is 9.47 Å². The number of carbonyl (C=O) groups excluding carboxylic acids is 2. The number of esters is 2. The molecule has 2 aromatic carbocycles. The second-order valence-corrected chi connectivity index (χ2v) is 7.25. The average Bonchev–Trinajstić information content (AvgIpc) is 3.37. The van der Waals surface area contributed by atoms with Crippen LogP contribution in [0.15, 0.2) is 36.4 Å². The lowest BCUT2D eigenvalue weighted by Gasteiger charge is -2.17. The van der Waals surface area contributed by atoms with Gasteiger partial charge in [-0.15, -0.1) is 0 Å². The van der Waals surface area contributed by atoms with E-state index in [0.717, 1.165) is 22.3 Å². The minimum atomic E-state index is -0.675. The normalized spacial score (nSPS) is 14.6. The van der Waals surface area contributed by atoms with Crippen LogP contribution in [-0.2, 0) is 9.47 Å². The third-order valence-corrected chi connectivity index (χ3v) is 5.07. The highest BCUT2D eigenvalue weighted by Gasteiger charge is 2.48. The predicted molar refractivity (Wildman–Crippen MR) is 99.5 cm³/mol. The van der Waals surface area contributed by atoms with Gasteiger partial charge in [0.1, 0.15) is 12.2 Å². The maximum atomic E-state index is 12.4. The summed E-state index contributed by atoms with van der Waals surface area (Å²) in [5.41, 5.74) is 4.72. The first-order valence-electron chi connectivity index (χ1n) is 8.85. The van der Waals surface area contributed by atoms with Gasteiger partial charge >= 0.3 is 11.9 Å². The Labute approximate surface area is 154 Å². The summed E-state index contributed by atoms with van der Waals surface area (Å²) in [5, 5.41) is 0. The Bertz CT molecular complexity index is 862. The van der Waals surface area contributed by atoms with E-state index in [-0.39, 0.29) is 18.5 Å². The number of aryl methyl sites for hydroxylation is 4. The van der Waals surface area contributed by atoms with Crippen LogP contribution < -0.4 is 0 Å². The molecule has 0 saturated heterocycles. The van der Waals surface area contributed by atoms with Gasteiger partial charge in [0.05, 0.1) is 11.1 Å². The highest BCUT2D eigenvalue weighted by molar-refractivity contribution is 5.91. The fourth-order valence-corrected chi connectivity index (χ4v) is 2.69. The van der Waals surface area contributed by atoms with Crippen LogP contribution in [0.4, 0.5) is 0 Å². The van der Waals surface area contributed by atoms with Crippen LogP contribution in [0.25, 0.3) is 0 Å². The van der Waals surface area contributed by atoms with E-state index in [1.807, 2.05) is 52.0 Å². The van der Waals surface area contributed by atoms with Crippen LogP contribution in [0, 0.1) is 27.7 Å². The van der Waals surface area contributed by atoms with Crippen molar-refractivity contribution < 1.29 is 19.1 Å². The lowest BCUT2D eigenvalue weighted by molar-refractivity contribution is -0.0101. The van der Waals surface area contributed by atoms with Gasteiger partial charge in [0.2, 0.25) is 0 Å². The smallest absolute Gasteiger partial charge is 0.338 e. The zero-order valence-corrected chi connectivity index (χ0v) is 15.7. The summed E-state index contributed by atoms with van der Waals surface area (Å²) in [5.74, 6) is -0.755. The van der Waals surface area contributed by atoms with E-state index in [4.69, 9.17) is 9.47 Å². The molecule has 0 spiro atoms. The molecule has 136 valence electrons. The fourth-order valence-electron chi connectivity index (χ4n) is 2.69. The molecule has 0 aliphatic heterocycles. The van der Waals surface area contributed by atoms with Crippen LogP contribution in [0.2, 0.25) is 0 Å². The van der Waals surface area contributed by atoms with Gasteiger partial charge in [-0.05, 0) is 87.1 Å². The Kier molecular flexibility index (Phi) is 4.86. The molecule has 0 aromatic heterocycles. The summed E-state index contributed by atoms with van der Waals surface area (Å²) < 4.78 is 11.1. The van der Waals surface area contributed by atoms with Gasteiger partial charge in [-0.1, -0.05) is 12.1 Å². The van der Waals surface area contributed by atoms with E-state index >= 15 is 0 Å². The standard InChI is InChI=1S/C22H24O4/c1-14-5-7-18(11-16(14)3)20(23)25-13-22(9-10-22)26-21(24)19-8-6-15(2)17(4)12-19/h5-8,11-12H,9-10,13H2,1-4H3. The molecule has 2 aromatic rings. The molecule has 0 atom stereocenters. The minimum Gasteiger partial charge on any atom is -0.458 e. The summed E-state index contributed by atoms with van der Waals surface area (Å²) in [7, 11) is 0. The third-order valence-electron chi connectivity index (χ3n) is 5.07. The van der Waals surface area contributed by atoms with Crippen LogP contribution in [-0.4, -0.2) is 24.1 Å². The SMILES string of the molecule is Cc1ccc(C(=O)OCC2(OC(=O)c3ccc(C)c(C)c3)CC2)cc1C. The van der Waals surface area contributed by atoms with Crippen LogP contribution in [0.1, 0.15) is 55.8 Å². The predicted octanol–water partition coefficient (Wildman–Crippen LogP) is 4.47. The Balaban J connectivity index is 1.60. The number of carbonyl (C=O) groups is 2. The quantitative estimate of drug-likeness (QED) is 0.745. The number of benzene rings is 2. The monoisotopic (exact) mass is 352 g/mol. The molecule has 0 unspecified atom stereocenters. The van der Waals surface area contributed by atoms with E-state index in [9.17, 15) is 9.59 Å². The van der Waals surface area contributed by atoms with Crippen LogP contribution in [0.3, 0.4) is 0 Å². The molecule has 1 aliphatic carbocycles. The average molecular weight is 352 g/mol. The van der Waals surface area contributed by atoms with Crippen molar-refractivity contribution in [3.63, 3.8) is 0 Å². The summed E-state index contributed by atoms with van der Waals surface area (Å²) in [6.07, 6.45) is 1.42. The van der Waals surface area contributed by atoms with Crippen molar-refractivity contribution >= 4 is 11.9 Å². The molecular formula is C22H24O4. The minimum absolute atomic E-state index is 0.0926. The van der Waals surface area contributed by atoms with Gasteiger partial charge in [-0.2, -0.15) is 0 Å². The van der Waals surface area contributed by atoms with Crippen molar-refractivity contribution in [3.8, 4) is 0 Å². The maximum absolute atomic E-state index is 12.4. The molecule has 4 heteroatoms. The largest absolute Gasteiger partial charge is 0.458 e. The lowest BCUT2D eigenvalue weighted by atomic mass is 10.1. The second kappa shape index (κ2) is 6.94. The molecule has 1 fully saturated rings.